The summed E-state index contributed by atoms with van der Waals surface area (Å²) in [5, 5.41) is 0. The summed E-state index contributed by atoms with van der Waals surface area (Å²) >= 11 is 0. The van der Waals surface area contributed by atoms with Crippen LogP contribution in [0.3, 0.4) is 0 Å². The van der Waals surface area contributed by atoms with E-state index < -0.39 is 0 Å². The van der Waals surface area contributed by atoms with E-state index in [0.717, 1.165) is 13.1 Å². The highest BCUT2D eigenvalue weighted by atomic mass is 16.5. The number of hydrogen-bond acceptors (Lipinski definition) is 3. The van der Waals surface area contributed by atoms with Gasteiger partial charge < -0.3 is 14.5 Å². The first-order valence-electron chi connectivity index (χ1n) is 11.5. The summed E-state index contributed by atoms with van der Waals surface area (Å²) in [7, 11) is 2.21. The van der Waals surface area contributed by atoms with Gasteiger partial charge in [0.1, 0.15) is 6.10 Å². The Morgan fingerprint density at radius 2 is 1.72 bits per heavy atom. The molecule has 0 saturated carbocycles. The fourth-order valence-electron chi connectivity index (χ4n) is 4.95. The second-order valence-corrected chi connectivity index (χ2v) is 8.75. The molecule has 3 atom stereocenters. The van der Waals surface area contributed by atoms with E-state index >= 15 is 0 Å². The van der Waals surface area contributed by atoms with Gasteiger partial charge in [-0.25, -0.2) is 0 Å². The molecular weight excluding hydrogens is 356 g/mol. The van der Waals surface area contributed by atoms with E-state index in [-0.39, 0.29) is 6.10 Å². The molecule has 2 heterocycles. The molecule has 0 aliphatic carbocycles. The zero-order chi connectivity index (χ0) is 20.1. The van der Waals surface area contributed by atoms with Crippen LogP contribution in [0.2, 0.25) is 0 Å². The molecular formula is C26H36N2O. The van der Waals surface area contributed by atoms with Gasteiger partial charge in [-0.15, -0.1) is 0 Å². The summed E-state index contributed by atoms with van der Waals surface area (Å²) in [6.45, 7) is 8.08. The standard InChI is InChI=1S/C26H36N2O/c1-3-27(2)17-10-5-11-18-28-19-16-23-22-14-8-9-15-24(22)26(29-25(23)20-28)21-12-6-4-7-13-21/h4,6-9,12-15,23,25-26H,3,5,10-11,16-20H2,1-2H3/t23-,25-,26?/m0/s1. The second-order valence-electron chi connectivity index (χ2n) is 8.75. The molecule has 0 bridgehead atoms. The predicted molar refractivity (Wildman–Crippen MR) is 120 cm³/mol. The number of fused-ring (bicyclic) bond motifs is 3. The van der Waals surface area contributed by atoms with Gasteiger partial charge in [-0.05, 0) is 69.2 Å². The molecule has 0 amide bonds. The third-order valence-corrected chi connectivity index (χ3v) is 6.79. The van der Waals surface area contributed by atoms with Crippen LogP contribution in [-0.2, 0) is 4.74 Å². The number of piperidine rings is 1. The van der Waals surface area contributed by atoms with Crippen LogP contribution in [0.5, 0.6) is 0 Å². The number of likely N-dealkylation sites (tertiary alicyclic amines) is 1. The van der Waals surface area contributed by atoms with Gasteiger partial charge in [0.05, 0.1) is 6.10 Å². The molecule has 4 rings (SSSR count). The summed E-state index contributed by atoms with van der Waals surface area (Å²) in [4.78, 5) is 5.04. The van der Waals surface area contributed by atoms with Crippen molar-refractivity contribution in [3.8, 4) is 0 Å². The molecule has 0 radical (unpaired) electrons. The van der Waals surface area contributed by atoms with E-state index in [1.54, 1.807) is 0 Å². The third-order valence-electron chi connectivity index (χ3n) is 6.79. The fraction of sp³-hybridized carbons (Fsp3) is 0.538. The zero-order valence-electron chi connectivity index (χ0n) is 18.1. The molecule has 0 aromatic heterocycles. The summed E-state index contributed by atoms with van der Waals surface area (Å²) < 4.78 is 6.76. The molecule has 1 saturated heterocycles. The lowest BCUT2D eigenvalue weighted by Gasteiger charge is -2.45. The summed E-state index contributed by atoms with van der Waals surface area (Å²) in [6.07, 6.45) is 5.51. The van der Waals surface area contributed by atoms with Gasteiger partial charge >= 0.3 is 0 Å². The first kappa shape index (κ1) is 20.6. The minimum Gasteiger partial charge on any atom is -0.364 e. The molecule has 1 fully saturated rings. The van der Waals surface area contributed by atoms with Gasteiger partial charge in [0.2, 0.25) is 0 Å². The highest BCUT2D eigenvalue weighted by Crippen LogP contribution is 2.44. The van der Waals surface area contributed by atoms with Crippen molar-refractivity contribution in [1.29, 1.82) is 0 Å². The highest BCUT2D eigenvalue weighted by molar-refractivity contribution is 5.41. The Hall–Kier alpha value is -1.68. The first-order valence-corrected chi connectivity index (χ1v) is 11.5. The number of rotatable bonds is 8. The molecule has 2 aromatic rings. The molecule has 156 valence electrons. The Labute approximate surface area is 176 Å². The van der Waals surface area contributed by atoms with E-state index in [1.807, 2.05) is 0 Å². The van der Waals surface area contributed by atoms with E-state index in [9.17, 15) is 0 Å². The largest absolute Gasteiger partial charge is 0.364 e. The van der Waals surface area contributed by atoms with Crippen molar-refractivity contribution in [3.63, 3.8) is 0 Å². The van der Waals surface area contributed by atoms with Crippen molar-refractivity contribution in [2.24, 2.45) is 0 Å². The maximum Gasteiger partial charge on any atom is 0.108 e. The van der Waals surface area contributed by atoms with Gasteiger partial charge in [-0.3, -0.25) is 0 Å². The molecule has 0 N–H and O–H groups in total. The number of benzene rings is 2. The van der Waals surface area contributed by atoms with Crippen LogP contribution in [0.15, 0.2) is 54.6 Å². The molecule has 29 heavy (non-hydrogen) atoms. The third kappa shape index (κ3) is 4.91. The van der Waals surface area contributed by atoms with Gasteiger partial charge in [-0.1, -0.05) is 67.9 Å². The van der Waals surface area contributed by atoms with Crippen LogP contribution in [0.4, 0.5) is 0 Å². The minimum absolute atomic E-state index is 0.0678. The van der Waals surface area contributed by atoms with Gasteiger partial charge in [0.15, 0.2) is 0 Å². The van der Waals surface area contributed by atoms with Gasteiger partial charge in [0.25, 0.3) is 0 Å². The van der Waals surface area contributed by atoms with Crippen LogP contribution < -0.4 is 0 Å². The van der Waals surface area contributed by atoms with Crippen molar-refractivity contribution in [3.05, 3.63) is 71.3 Å². The van der Waals surface area contributed by atoms with E-state index in [0.29, 0.717) is 12.0 Å². The van der Waals surface area contributed by atoms with Crippen molar-refractivity contribution < 1.29 is 4.74 Å². The predicted octanol–water partition coefficient (Wildman–Crippen LogP) is 5.09. The van der Waals surface area contributed by atoms with E-state index in [1.165, 1.54) is 62.0 Å². The Kier molecular flexibility index (Phi) is 7.02. The second kappa shape index (κ2) is 9.88. The summed E-state index contributed by atoms with van der Waals surface area (Å²) in [5.41, 5.74) is 4.16. The number of nitrogens with zero attached hydrogens (tertiary/aromatic N) is 2. The Balaban J connectivity index is 1.39. The average Bonchev–Trinajstić information content (AvgIpc) is 2.78. The van der Waals surface area contributed by atoms with Crippen LogP contribution >= 0.6 is 0 Å². The van der Waals surface area contributed by atoms with Crippen LogP contribution in [0.1, 0.15) is 61.3 Å². The van der Waals surface area contributed by atoms with Crippen molar-refractivity contribution in [1.82, 2.24) is 9.80 Å². The Morgan fingerprint density at radius 1 is 0.966 bits per heavy atom. The number of ether oxygens (including phenoxy) is 1. The normalized spacial score (nSPS) is 24.3. The maximum absolute atomic E-state index is 6.76. The lowest BCUT2D eigenvalue weighted by atomic mass is 9.79. The monoisotopic (exact) mass is 392 g/mol. The van der Waals surface area contributed by atoms with Crippen molar-refractivity contribution in [2.45, 2.75) is 50.7 Å². The number of hydrogen-bond donors (Lipinski definition) is 0. The summed E-state index contributed by atoms with van der Waals surface area (Å²) in [5.74, 6) is 0.542. The molecule has 1 unspecified atom stereocenters. The topological polar surface area (TPSA) is 15.7 Å². The molecule has 0 spiro atoms. The van der Waals surface area contributed by atoms with Crippen molar-refractivity contribution >= 4 is 0 Å². The lowest BCUT2D eigenvalue weighted by Crippen LogP contribution is -2.47. The van der Waals surface area contributed by atoms with Gasteiger partial charge in [-0.2, -0.15) is 0 Å². The van der Waals surface area contributed by atoms with Crippen LogP contribution in [0, 0.1) is 0 Å². The fourth-order valence-corrected chi connectivity index (χ4v) is 4.95. The zero-order valence-corrected chi connectivity index (χ0v) is 18.1. The molecule has 2 aliphatic heterocycles. The Bertz CT molecular complexity index is 762. The summed E-state index contributed by atoms with van der Waals surface area (Å²) in [6, 6.07) is 19.7. The molecule has 2 aromatic carbocycles. The molecule has 3 heteroatoms. The first-order chi connectivity index (χ1) is 14.3. The maximum atomic E-state index is 6.76. The molecule has 2 aliphatic rings. The molecule has 3 nitrogen and oxygen atoms in total. The quantitative estimate of drug-likeness (QED) is 0.582. The van der Waals surface area contributed by atoms with E-state index in [2.05, 4.69) is 78.4 Å². The van der Waals surface area contributed by atoms with Crippen LogP contribution in [-0.4, -0.2) is 55.7 Å². The smallest absolute Gasteiger partial charge is 0.108 e. The highest BCUT2D eigenvalue weighted by Gasteiger charge is 2.39. The van der Waals surface area contributed by atoms with E-state index in [4.69, 9.17) is 4.74 Å². The lowest BCUT2D eigenvalue weighted by molar-refractivity contribution is -0.0591. The van der Waals surface area contributed by atoms with Crippen molar-refractivity contribution in [2.75, 3.05) is 39.8 Å². The number of unbranched alkanes of at least 4 members (excludes halogenated alkanes) is 2. The minimum atomic E-state index is 0.0678. The SMILES string of the molecule is CCN(C)CCCCCN1CC[C@H]2c3ccccc3C(c3ccccc3)O[C@H]2C1. The van der Waals surface area contributed by atoms with Gasteiger partial charge in [0, 0.05) is 12.5 Å². The van der Waals surface area contributed by atoms with Crippen LogP contribution in [0.25, 0.3) is 0 Å². The Morgan fingerprint density at radius 3 is 2.52 bits per heavy atom. The average molecular weight is 393 g/mol.